The van der Waals surface area contributed by atoms with Crippen molar-refractivity contribution in [2.45, 2.75) is 52.1 Å². The standard InChI is InChI=1S/C20H34N6O2/c1-3-18(26-10-5-6-19(26)27)7-9-22-20(21-4-2)25-13-11-24(12-14-25)16-17-8-15-28-23-17/h8,15,18H,3-7,9-14,16H2,1-2H3,(H,21,22). The molecule has 1 atom stereocenters. The summed E-state index contributed by atoms with van der Waals surface area (Å²) in [7, 11) is 0. The van der Waals surface area contributed by atoms with E-state index in [9.17, 15) is 4.79 Å². The number of aliphatic imine (C=N–C) groups is 1. The summed E-state index contributed by atoms with van der Waals surface area (Å²) in [5.74, 6) is 1.30. The zero-order valence-corrected chi connectivity index (χ0v) is 17.3. The monoisotopic (exact) mass is 390 g/mol. The van der Waals surface area contributed by atoms with Crippen molar-refractivity contribution in [2.75, 3.05) is 45.8 Å². The third-order valence-electron chi connectivity index (χ3n) is 5.63. The Kier molecular flexibility index (Phi) is 7.71. The SMILES string of the molecule is CCNC(=NCCC(CC)N1CCCC1=O)N1CCN(Cc2ccon2)CC1. The molecule has 1 N–H and O–H groups in total. The molecule has 2 fully saturated rings. The molecule has 2 aliphatic rings. The molecular weight excluding hydrogens is 356 g/mol. The number of nitrogens with one attached hydrogen (secondary N) is 1. The van der Waals surface area contributed by atoms with Gasteiger partial charge in [0.2, 0.25) is 5.91 Å². The molecular formula is C20H34N6O2. The molecule has 0 bridgehead atoms. The van der Waals surface area contributed by atoms with Crippen LogP contribution in [0.1, 0.15) is 45.2 Å². The molecule has 2 saturated heterocycles. The maximum Gasteiger partial charge on any atom is 0.222 e. The van der Waals surface area contributed by atoms with Crippen molar-refractivity contribution in [3.8, 4) is 0 Å². The molecule has 8 heteroatoms. The third kappa shape index (κ3) is 5.47. The van der Waals surface area contributed by atoms with Gasteiger partial charge >= 0.3 is 0 Å². The van der Waals surface area contributed by atoms with Crippen molar-refractivity contribution >= 4 is 11.9 Å². The average molecular weight is 391 g/mol. The highest BCUT2D eigenvalue weighted by molar-refractivity contribution is 5.80. The topological polar surface area (TPSA) is 77.2 Å². The van der Waals surface area contributed by atoms with Gasteiger partial charge in [0, 0.05) is 70.9 Å². The first-order valence-electron chi connectivity index (χ1n) is 10.7. The Morgan fingerprint density at radius 1 is 1.29 bits per heavy atom. The zero-order valence-electron chi connectivity index (χ0n) is 17.3. The molecule has 0 radical (unpaired) electrons. The predicted molar refractivity (Wildman–Crippen MR) is 109 cm³/mol. The summed E-state index contributed by atoms with van der Waals surface area (Å²) >= 11 is 0. The Morgan fingerprint density at radius 3 is 2.71 bits per heavy atom. The maximum atomic E-state index is 12.0. The molecule has 0 aromatic carbocycles. The first-order chi connectivity index (χ1) is 13.7. The molecule has 0 spiro atoms. The van der Waals surface area contributed by atoms with E-state index in [1.54, 1.807) is 6.26 Å². The van der Waals surface area contributed by atoms with Crippen LogP contribution in [0.5, 0.6) is 0 Å². The molecule has 0 aliphatic carbocycles. The van der Waals surface area contributed by atoms with Crippen molar-refractivity contribution < 1.29 is 9.32 Å². The van der Waals surface area contributed by atoms with Crippen LogP contribution in [-0.2, 0) is 11.3 Å². The second-order valence-electron chi connectivity index (χ2n) is 7.53. The first-order valence-corrected chi connectivity index (χ1v) is 10.7. The minimum atomic E-state index is 0.311. The minimum Gasteiger partial charge on any atom is -0.364 e. The molecule has 0 saturated carbocycles. The highest BCUT2D eigenvalue weighted by atomic mass is 16.5. The van der Waals surface area contributed by atoms with Crippen LogP contribution in [0, 0.1) is 0 Å². The van der Waals surface area contributed by atoms with Gasteiger partial charge in [-0.05, 0) is 26.2 Å². The van der Waals surface area contributed by atoms with Crippen LogP contribution < -0.4 is 5.32 Å². The summed E-state index contributed by atoms with van der Waals surface area (Å²) in [6, 6.07) is 2.24. The molecule has 1 aromatic heterocycles. The fourth-order valence-corrected chi connectivity index (χ4v) is 4.05. The molecule has 3 heterocycles. The largest absolute Gasteiger partial charge is 0.364 e. The number of rotatable bonds is 8. The van der Waals surface area contributed by atoms with E-state index in [1.165, 1.54) is 0 Å². The van der Waals surface area contributed by atoms with Crippen LogP contribution in [0.15, 0.2) is 21.8 Å². The van der Waals surface area contributed by atoms with E-state index in [1.807, 2.05) is 6.07 Å². The van der Waals surface area contributed by atoms with Crippen LogP contribution in [-0.4, -0.2) is 83.6 Å². The number of aromatic nitrogens is 1. The summed E-state index contributed by atoms with van der Waals surface area (Å²) in [4.78, 5) is 23.7. The molecule has 3 rings (SSSR count). The molecule has 1 unspecified atom stereocenters. The van der Waals surface area contributed by atoms with Gasteiger partial charge in [0.25, 0.3) is 0 Å². The van der Waals surface area contributed by atoms with E-state index in [2.05, 4.69) is 39.0 Å². The Bertz CT molecular complexity index is 625. The lowest BCUT2D eigenvalue weighted by Gasteiger charge is -2.36. The van der Waals surface area contributed by atoms with E-state index in [0.717, 1.165) is 83.3 Å². The molecule has 156 valence electrons. The summed E-state index contributed by atoms with van der Waals surface area (Å²) in [6.45, 7) is 11.5. The molecule has 8 nitrogen and oxygen atoms in total. The fraction of sp³-hybridized carbons (Fsp3) is 0.750. The number of guanidine groups is 1. The van der Waals surface area contributed by atoms with Crippen molar-refractivity contribution in [2.24, 2.45) is 4.99 Å². The predicted octanol–water partition coefficient (Wildman–Crippen LogP) is 1.55. The van der Waals surface area contributed by atoms with Crippen molar-refractivity contribution in [1.29, 1.82) is 0 Å². The van der Waals surface area contributed by atoms with Crippen molar-refractivity contribution in [3.05, 3.63) is 18.0 Å². The Labute approximate surface area is 167 Å². The lowest BCUT2D eigenvalue weighted by molar-refractivity contribution is -0.129. The second kappa shape index (κ2) is 10.5. The van der Waals surface area contributed by atoms with Crippen molar-refractivity contribution in [1.82, 2.24) is 25.2 Å². The van der Waals surface area contributed by atoms with Gasteiger partial charge < -0.3 is 19.6 Å². The maximum absolute atomic E-state index is 12.0. The normalized spacial score (nSPS) is 20.1. The number of likely N-dealkylation sites (tertiary alicyclic amines) is 1. The quantitative estimate of drug-likeness (QED) is 0.536. The summed E-state index contributed by atoms with van der Waals surface area (Å²) in [5.41, 5.74) is 0.982. The van der Waals surface area contributed by atoms with Gasteiger partial charge in [-0.25, -0.2) is 0 Å². The van der Waals surface area contributed by atoms with Gasteiger partial charge in [-0.2, -0.15) is 0 Å². The van der Waals surface area contributed by atoms with E-state index in [4.69, 9.17) is 9.52 Å². The number of nitrogens with zero attached hydrogens (tertiary/aromatic N) is 5. The van der Waals surface area contributed by atoms with Gasteiger partial charge in [0.05, 0.1) is 5.69 Å². The van der Waals surface area contributed by atoms with E-state index >= 15 is 0 Å². The van der Waals surface area contributed by atoms with Crippen LogP contribution in [0.25, 0.3) is 0 Å². The van der Waals surface area contributed by atoms with E-state index < -0.39 is 0 Å². The molecule has 2 aliphatic heterocycles. The van der Waals surface area contributed by atoms with Crippen LogP contribution in [0.4, 0.5) is 0 Å². The highest BCUT2D eigenvalue weighted by Gasteiger charge is 2.26. The summed E-state index contributed by atoms with van der Waals surface area (Å²) in [6.07, 6.45) is 5.27. The zero-order chi connectivity index (χ0) is 19.8. The lowest BCUT2D eigenvalue weighted by Crippen LogP contribution is -2.52. The minimum absolute atomic E-state index is 0.311. The third-order valence-corrected chi connectivity index (χ3v) is 5.63. The Balaban J connectivity index is 1.49. The van der Waals surface area contributed by atoms with Gasteiger partial charge in [-0.15, -0.1) is 0 Å². The van der Waals surface area contributed by atoms with Crippen LogP contribution in [0.2, 0.25) is 0 Å². The van der Waals surface area contributed by atoms with Crippen LogP contribution >= 0.6 is 0 Å². The summed E-state index contributed by atoms with van der Waals surface area (Å²) in [5, 5.41) is 7.43. The van der Waals surface area contributed by atoms with E-state index in [0.29, 0.717) is 18.4 Å². The number of carbonyl (C=O) groups excluding carboxylic acids is 1. The lowest BCUT2D eigenvalue weighted by atomic mass is 10.1. The Hall–Kier alpha value is -2.09. The van der Waals surface area contributed by atoms with Gasteiger partial charge in [0.15, 0.2) is 5.96 Å². The average Bonchev–Trinajstić information content (AvgIpc) is 3.37. The number of carbonyl (C=O) groups is 1. The second-order valence-corrected chi connectivity index (χ2v) is 7.53. The Morgan fingerprint density at radius 2 is 2.11 bits per heavy atom. The van der Waals surface area contributed by atoms with Crippen molar-refractivity contribution in [3.63, 3.8) is 0 Å². The highest BCUT2D eigenvalue weighted by Crippen LogP contribution is 2.18. The van der Waals surface area contributed by atoms with Gasteiger partial charge in [-0.3, -0.25) is 14.7 Å². The van der Waals surface area contributed by atoms with Gasteiger partial charge in [-0.1, -0.05) is 12.1 Å². The molecule has 1 amide bonds. The number of amides is 1. The number of hydrogen-bond donors (Lipinski definition) is 1. The number of piperazine rings is 1. The van der Waals surface area contributed by atoms with E-state index in [-0.39, 0.29) is 0 Å². The smallest absolute Gasteiger partial charge is 0.222 e. The molecule has 1 aromatic rings. The first kappa shape index (κ1) is 20.6. The molecule has 28 heavy (non-hydrogen) atoms. The van der Waals surface area contributed by atoms with Gasteiger partial charge in [0.1, 0.15) is 6.26 Å². The fourth-order valence-electron chi connectivity index (χ4n) is 4.05. The number of hydrogen-bond acceptors (Lipinski definition) is 5. The van der Waals surface area contributed by atoms with Crippen LogP contribution in [0.3, 0.4) is 0 Å². The summed E-state index contributed by atoms with van der Waals surface area (Å²) < 4.78 is 4.92.